The van der Waals surface area contributed by atoms with Gasteiger partial charge < -0.3 is 10.6 Å². The second-order valence-corrected chi connectivity index (χ2v) is 5.04. The van der Waals surface area contributed by atoms with Crippen molar-refractivity contribution >= 4 is 5.82 Å². The average Bonchev–Trinajstić information content (AvgIpc) is 2.39. The van der Waals surface area contributed by atoms with Crippen LogP contribution in [-0.2, 0) is 0 Å². The van der Waals surface area contributed by atoms with Crippen LogP contribution in [0.25, 0.3) is 0 Å². The van der Waals surface area contributed by atoms with E-state index in [9.17, 15) is 0 Å². The first-order valence-electron chi connectivity index (χ1n) is 7.08. The van der Waals surface area contributed by atoms with Crippen LogP contribution in [0.4, 0.5) is 5.82 Å². The molecule has 0 aliphatic rings. The summed E-state index contributed by atoms with van der Waals surface area (Å²) in [5, 5.41) is 0. The van der Waals surface area contributed by atoms with Gasteiger partial charge in [0.05, 0.1) is 0 Å². The van der Waals surface area contributed by atoms with Crippen molar-refractivity contribution in [2.75, 3.05) is 11.4 Å². The fraction of sp³-hybridized carbons (Fsp3) is 0.667. The van der Waals surface area contributed by atoms with E-state index in [1.54, 1.807) is 0 Å². The van der Waals surface area contributed by atoms with Crippen LogP contribution in [0, 0.1) is 0 Å². The molecule has 2 atom stereocenters. The van der Waals surface area contributed by atoms with E-state index in [4.69, 9.17) is 5.73 Å². The molecular formula is C15H27N3. The summed E-state index contributed by atoms with van der Waals surface area (Å²) in [7, 11) is 0. The van der Waals surface area contributed by atoms with E-state index in [2.05, 4.69) is 42.8 Å². The van der Waals surface area contributed by atoms with Crippen molar-refractivity contribution < 1.29 is 0 Å². The Morgan fingerprint density at radius 2 is 2.00 bits per heavy atom. The third kappa shape index (κ3) is 3.98. The minimum absolute atomic E-state index is 0.0549. The first kappa shape index (κ1) is 15.0. The Balaban J connectivity index is 2.83. The molecule has 0 bridgehead atoms. The maximum Gasteiger partial charge on any atom is 0.128 e. The Kier molecular flexibility index (Phi) is 6.13. The quantitative estimate of drug-likeness (QED) is 0.804. The molecule has 0 amide bonds. The molecule has 0 aliphatic heterocycles. The molecule has 0 saturated carbocycles. The van der Waals surface area contributed by atoms with Crippen LogP contribution < -0.4 is 10.6 Å². The molecule has 1 heterocycles. The van der Waals surface area contributed by atoms with Crippen LogP contribution >= 0.6 is 0 Å². The molecule has 1 aromatic rings. The molecular weight excluding hydrogens is 222 g/mol. The second-order valence-electron chi connectivity index (χ2n) is 5.04. The van der Waals surface area contributed by atoms with Gasteiger partial charge in [-0.1, -0.05) is 26.3 Å². The number of nitrogens with two attached hydrogens (primary N) is 1. The number of hydrogen-bond acceptors (Lipinski definition) is 3. The highest BCUT2D eigenvalue weighted by molar-refractivity contribution is 5.40. The molecule has 0 radical (unpaired) electrons. The number of hydrogen-bond donors (Lipinski definition) is 1. The van der Waals surface area contributed by atoms with Gasteiger partial charge in [-0.2, -0.15) is 0 Å². The molecule has 3 nitrogen and oxygen atoms in total. The minimum atomic E-state index is 0.0549. The average molecular weight is 249 g/mol. The smallest absolute Gasteiger partial charge is 0.128 e. The van der Waals surface area contributed by atoms with E-state index < -0.39 is 0 Å². The summed E-state index contributed by atoms with van der Waals surface area (Å²) in [5.41, 5.74) is 6.95. The van der Waals surface area contributed by atoms with Gasteiger partial charge in [0.25, 0.3) is 0 Å². The van der Waals surface area contributed by atoms with Gasteiger partial charge in [-0.05, 0) is 38.3 Å². The molecule has 18 heavy (non-hydrogen) atoms. The lowest BCUT2D eigenvalue weighted by Crippen LogP contribution is -2.34. The zero-order valence-corrected chi connectivity index (χ0v) is 12.2. The van der Waals surface area contributed by atoms with Gasteiger partial charge in [0.2, 0.25) is 0 Å². The summed E-state index contributed by atoms with van der Waals surface area (Å²) >= 11 is 0. The van der Waals surface area contributed by atoms with Gasteiger partial charge in [-0.3, -0.25) is 0 Å². The Bertz CT molecular complexity index is 332. The molecule has 2 N–H and O–H groups in total. The lowest BCUT2D eigenvalue weighted by Gasteiger charge is -2.29. The summed E-state index contributed by atoms with van der Waals surface area (Å²) in [6.45, 7) is 9.77. The molecule has 1 aromatic heterocycles. The van der Waals surface area contributed by atoms with Crippen molar-refractivity contribution in [1.29, 1.82) is 0 Å². The van der Waals surface area contributed by atoms with E-state index in [-0.39, 0.29) is 6.04 Å². The van der Waals surface area contributed by atoms with Crippen molar-refractivity contribution in [2.24, 2.45) is 5.73 Å². The predicted molar refractivity (Wildman–Crippen MR) is 78.8 cm³/mol. The van der Waals surface area contributed by atoms with E-state index in [0.29, 0.717) is 6.04 Å². The monoisotopic (exact) mass is 249 g/mol. The molecule has 0 aliphatic carbocycles. The van der Waals surface area contributed by atoms with Crippen molar-refractivity contribution in [3.05, 3.63) is 23.9 Å². The van der Waals surface area contributed by atoms with Gasteiger partial charge >= 0.3 is 0 Å². The number of pyridine rings is 1. The number of anilines is 1. The lowest BCUT2D eigenvalue weighted by atomic mass is 10.1. The van der Waals surface area contributed by atoms with Gasteiger partial charge in [0.15, 0.2) is 0 Å². The number of aromatic nitrogens is 1. The largest absolute Gasteiger partial charge is 0.354 e. The SMILES string of the molecule is CCCCN(c1ccc([C@H](C)N)cn1)C(C)CC. The molecule has 1 unspecified atom stereocenters. The third-order valence-electron chi connectivity index (χ3n) is 3.47. The van der Waals surface area contributed by atoms with Crippen LogP contribution in [0.2, 0.25) is 0 Å². The number of nitrogens with zero attached hydrogens (tertiary/aromatic N) is 2. The third-order valence-corrected chi connectivity index (χ3v) is 3.47. The maximum atomic E-state index is 5.85. The Morgan fingerprint density at radius 1 is 1.28 bits per heavy atom. The van der Waals surface area contributed by atoms with Crippen molar-refractivity contribution in [3.8, 4) is 0 Å². The van der Waals surface area contributed by atoms with E-state index in [1.165, 1.54) is 12.8 Å². The van der Waals surface area contributed by atoms with Gasteiger partial charge in [0, 0.05) is 24.8 Å². The predicted octanol–water partition coefficient (Wildman–Crippen LogP) is 3.51. The van der Waals surface area contributed by atoms with Crippen molar-refractivity contribution in [2.45, 2.75) is 59.0 Å². The fourth-order valence-corrected chi connectivity index (χ4v) is 1.95. The van der Waals surface area contributed by atoms with Gasteiger partial charge in [-0.15, -0.1) is 0 Å². The van der Waals surface area contributed by atoms with Gasteiger partial charge in [0.1, 0.15) is 5.82 Å². The maximum absolute atomic E-state index is 5.85. The highest BCUT2D eigenvalue weighted by Crippen LogP contribution is 2.18. The molecule has 0 fully saturated rings. The molecule has 0 saturated heterocycles. The molecule has 0 spiro atoms. The standard InChI is InChI=1S/C15H27N3/c1-5-7-10-18(12(3)6-2)15-9-8-14(11-17-15)13(4)16/h8-9,11-13H,5-7,10,16H2,1-4H3/t12?,13-/m0/s1. The second kappa shape index (κ2) is 7.37. The van der Waals surface area contributed by atoms with Crippen LogP contribution in [0.5, 0.6) is 0 Å². The number of rotatable bonds is 7. The van der Waals surface area contributed by atoms with E-state index in [1.807, 2.05) is 13.1 Å². The van der Waals surface area contributed by atoms with Crippen molar-refractivity contribution in [1.82, 2.24) is 4.98 Å². The highest BCUT2D eigenvalue weighted by Gasteiger charge is 2.13. The molecule has 102 valence electrons. The zero-order chi connectivity index (χ0) is 13.5. The lowest BCUT2D eigenvalue weighted by molar-refractivity contribution is 0.589. The summed E-state index contributed by atoms with van der Waals surface area (Å²) in [6, 6.07) is 4.78. The number of unbranched alkanes of at least 4 members (excludes halogenated alkanes) is 1. The van der Waals surface area contributed by atoms with Crippen molar-refractivity contribution in [3.63, 3.8) is 0 Å². The summed E-state index contributed by atoms with van der Waals surface area (Å²) in [5.74, 6) is 1.07. The van der Waals surface area contributed by atoms with E-state index >= 15 is 0 Å². The van der Waals surface area contributed by atoms with E-state index in [0.717, 1.165) is 24.3 Å². The molecule has 0 aromatic carbocycles. The van der Waals surface area contributed by atoms with Gasteiger partial charge in [-0.25, -0.2) is 4.98 Å². The molecule has 1 rings (SSSR count). The summed E-state index contributed by atoms with van der Waals surface area (Å²) in [6.07, 6.45) is 5.47. The molecule has 3 heteroatoms. The first-order chi connectivity index (χ1) is 8.60. The summed E-state index contributed by atoms with van der Waals surface area (Å²) < 4.78 is 0. The Hall–Kier alpha value is -1.09. The highest BCUT2D eigenvalue weighted by atomic mass is 15.2. The normalized spacial score (nSPS) is 14.3. The fourth-order valence-electron chi connectivity index (χ4n) is 1.95. The zero-order valence-electron chi connectivity index (χ0n) is 12.2. The van der Waals surface area contributed by atoms with Crippen LogP contribution in [0.15, 0.2) is 18.3 Å². The summed E-state index contributed by atoms with van der Waals surface area (Å²) in [4.78, 5) is 6.97. The minimum Gasteiger partial charge on any atom is -0.354 e. The Labute approximate surface area is 111 Å². The topological polar surface area (TPSA) is 42.1 Å². The Morgan fingerprint density at radius 3 is 2.44 bits per heavy atom. The van der Waals surface area contributed by atoms with Crippen LogP contribution in [0.3, 0.4) is 0 Å². The van der Waals surface area contributed by atoms with Crippen LogP contribution in [0.1, 0.15) is 58.6 Å². The van der Waals surface area contributed by atoms with Crippen LogP contribution in [-0.4, -0.2) is 17.6 Å². The first-order valence-corrected chi connectivity index (χ1v) is 7.08.